The number of hydrogen-bond acceptors (Lipinski definition) is 4. The first kappa shape index (κ1) is 28.6. The summed E-state index contributed by atoms with van der Waals surface area (Å²) in [7, 11) is 0. The summed E-state index contributed by atoms with van der Waals surface area (Å²) in [6.07, 6.45) is 13.5. The van der Waals surface area contributed by atoms with Gasteiger partial charge in [-0.05, 0) is 77.0 Å². The molecule has 0 saturated heterocycles. The lowest BCUT2D eigenvalue weighted by molar-refractivity contribution is -0.137. The van der Waals surface area contributed by atoms with E-state index < -0.39 is 17.8 Å². The van der Waals surface area contributed by atoms with Crippen LogP contribution < -0.4 is 0 Å². The first-order valence-corrected chi connectivity index (χ1v) is 11.5. The van der Waals surface area contributed by atoms with Crippen molar-refractivity contribution in [2.24, 2.45) is 17.8 Å². The van der Waals surface area contributed by atoms with Gasteiger partial charge in [0.1, 0.15) is 0 Å². The summed E-state index contributed by atoms with van der Waals surface area (Å²) >= 11 is 0. The Balaban J connectivity index is 6.00. The molecule has 3 unspecified atom stereocenters. The highest BCUT2D eigenvalue weighted by atomic mass is 16.2. The quantitative estimate of drug-likeness (QED) is 0.120. The van der Waals surface area contributed by atoms with Crippen LogP contribution in [0.2, 0.25) is 0 Å². The van der Waals surface area contributed by atoms with Crippen LogP contribution in [0.15, 0.2) is 48.6 Å². The van der Waals surface area contributed by atoms with E-state index in [1.54, 1.807) is 18.2 Å². The first-order valence-electron chi connectivity index (χ1n) is 11.5. The molecule has 4 heteroatoms. The molecule has 0 N–H and O–H groups in total. The van der Waals surface area contributed by atoms with Crippen LogP contribution in [0.1, 0.15) is 79.6 Å². The molecule has 172 valence electrons. The molecule has 31 heavy (non-hydrogen) atoms. The number of rotatable bonds is 17. The van der Waals surface area contributed by atoms with E-state index in [1.807, 2.05) is 34.6 Å². The zero-order chi connectivity index (χ0) is 23.8. The van der Waals surface area contributed by atoms with Crippen molar-refractivity contribution in [3.05, 3.63) is 48.6 Å². The maximum Gasteiger partial charge on any atom is 0.166 e. The smallest absolute Gasteiger partial charge is 0.166 e. The Labute approximate surface area is 188 Å². The average molecular weight is 429 g/mol. The molecule has 0 aromatic rings. The Hall–Kier alpha value is -2.36. The van der Waals surface area contributed by atoms with Crippen molar-refractivity contribution >= 4 is 23.1 Å². The third kappa shape index (κ3) is 11.0. The largest absolute Gasteiger partial charge is 0.298 e. The molecule has 3 atom stereocenters. The number of carbonyl (C=O) groups excluding carboxylic acids is 4. The minimum absolute atomic E-state index is 0.0757. The molecule has 0 rings (SSSR count). The molecule has 0 aliphatic carbocycles. The van der Waals surface area contributed by atoms with Crippen LogP contribution in [-0.2, 0) is 19.2 Å². The molecule has 0 fully saturated rings. The van der Waals surface area contributed by atoms with Gasteiger partial charge >= 0.3 is 0 Å². The molecule has 0 amide bonds. The highest BCUT2D eigenvalue weighted by Crippen LogP contribution is 2.26. The summed E-state index contributed by atoms with van der Waals surface area (Å²) in [5, 5.41) is 0. The van der Waals surface area contributed by atoms with Crippen LogP contribution in [0.25, 0.3) is 0 Å². The van der Waals surface area contributed by atoms with Crippen molar-refractivity contribution in [3.63, 3.8) is 0 Å². The van der Waals surface area contributed by atoms with Crippen LogP contribution in [0.4, 0.5) is 0 Å². The molecule has 0 aliphatic rings. The van der Waals surface area contributed by atoms with Crippen LogP contribution in [-0.4, -0.2) is 23.1 Å². The molecule has 0 aromatic heterocycles. The third-order valence-corrected chi connectivity index (χ3v) is 5.16. The topological polar surface area (TPSA) is 68.3 Å². The number of unbranched alkanes of at least 4 members (excludes halogenated alkanes) is 1. The Morgan fingerprint density at radius 2 is 1.42 bits per heavy atom. The fourth-order valence-electron chi connectivity index (χ4n) is 3.38. The summed E-state index contributed by atoms with van der Waals surface area (Å²) in [5.74, 6) is -3.33. The average Bonchev–Trinajstić information content (AvgIpc) is 2.73. The maximum atomic E-state index is 13.5. The lowest BCUT2D eigenvalue weighted by Gasteiger charge is -2.22. The van der Waals surface area contributed by atoms with E-state index in [4.69, 9.17) is 0 Å². The molecule has 0 saturated carbocycles. The molecule has 4 nitrogen and oxygen atoms in total. The molecule has 0 aromatic carbocycles. The normalized spacial score (nSPS) is 14.2. The fourth-order valence-corrected chi connectivity index (χ4v) is 3.38. The maximum absolute atomic E-state index is 13.5. The Morgan fingerprint density at radius 1 is 0.839 bits per heavy atom. The second-order valence-electron chi connectivity index (χ2n) is 8.12. The Kier molecular flexibility index (Phi) is 15.1. The van der Waals surface area contributed by atoms with Gasteiger partial charge in [0.2, 0.25) is 0 Å². The van der Waals surface area contributed by atoms with Gasteiger partial charge in [-0.2, -0.15) is 0 Å². The molecule has 0 aliphatic heterocycles. The van der Waals surface area contributed by atoms with Gasteiger partial charge < -0.3 is 0 Å². The zero-order valence-electron chi connectivity index (χ0n) is 20.0. The number of hydrogen-bond donors (Lipinski definition) is 0. The number of Topliss-reactive ketones (excluding diaryl/α,β-unsaturated/α-hetero) is 1. The van der Waals surface area contributed by atoms with Crippen molar-refractivity contribution in [3.8, 4) is 0 Å². The van der Waals surface area contributed by atoms with Gasteiger partial charge in [-0.25, -0.2) is 0 Å². The van der Waals surface area contributed by atoms with E-state index >= 15 is 0 Å². The second kappa shape index (κ2) is 16.3. The second-order valence-corrected chi connectivity index (χ2v) is 8.12. The van der Waals surface area contributed by atoms with E-state index in [0.717, 1.165) is 12.0 Å². The number of allylic oxidation sites excluding steroid dienone is 7. The summed E-state index contributed by atoms with van der Waals surface area (Å²) in [6.45, 7) is 13.0. The van der Waals surface area contributed by atoms with Crippen LogP contribution in [0.5, 0.6) is 0 Å². The Bertz CT molecular complexity index is 705. The van der Waals surface area contributed by atoms with Crippen molar-refractivity contribution in [2.75, 3.05) is 0 Å². The van der Waals surface area contributed by atoms with E-state index in [2.05, 4.69) is 6.58 Å². The summed E-state index contributed by atoms with van der Waals surface area (Å²) < 4.78 is 0. The van der Waals surface area contributed by atoms with Gasteiger partial charge in [-0.15, -0.1) is 6.58 Å². The number of ketones is 4. The lowest BCUT2D eigenvalue weighted by atomic mass is 9.78. The monoisotopic (exact) mass is 428 g/mol. The van der Waals surface area contributed by atoms with Crippen LogP contribution >= 0.6 is 0 Å². The van der Waals surface area contributed by atoms with Gasteiger partial charge in [-0.1, -0.05) is 44.6 Å². The number of carbonyl (C=O) groups is 4. The third-order valence-electron chi connectivity index (χ3n) is 5.16. The lowest BCUT2D eigenvalue weighted by Crippen LogP contribution is -2.35. The summed E-state index contributed by atoms with van der Waals surface area (Å²) in [5.41, 5.74) is 0.812. The van der Waals surface area contributed by atoms with Gasteiger partial charge in [-0.3, -0.25) is 19.2 Å². The van der Waals surface area contributed by atoms with Gasteiger partial charge in [0, 0.05) is 5.92 Å². The Morgan fingerprint density at radius 3 is 1.90 bits per heavy atom. The SMILES string of the molecule is C=CCCCC(C(=O)C=C(C)C)C(=O)C(CC(CC)C(=O)C=CCC)C(=O)/C=C/CC. The van der Waals surface area contributed by atoms with Gasteiger partial charge in [0.05, 0.1) is 11.8 Å². The minimum atomic E-state index is -0.991. The minimum Gasteiger partial charge on any atom is -0.298 e. The van der Waals surface area contributed by atoms with Crippen LogP contribution in [0.3, 0.4) is 0 Å². The molecular weight excluding hydrogens is 388 g/mol. The van der Waals surface area contributed by atoms with Gasteiger partial charge in [0.15, 0.2) is 23.1 Å². The van der Waals surface area contributed by atoms with Crippen molar-refractivity contribution in [2.45, 2.75) is 79.6 Å². The first-order chi connectivity index (χ1) is 14.7. The molecule has 0 radical (unpaired) electrons. The van der Waals surface area contributed by atoms with Crippen LogP contribution in [0, 0.1) is 17.8 Å². The molecular formula is C27H40O4. The van der Waals surface area contributed by atoms with E-state index in [9.17, 15) is 19.2 Å². The summed E-state index contributed by atoms with van der Waals surface area (Å²) in [6, 6.07) is 0. The zero-order valence-corrected chi connectivity index (χ0v) is 20.0. The highest BCUT2D eigenvalue weighted by Gasteiger charge is 2.36. The van der Waals surface area contributed by atoms with E-state index in [1.165, 1.54) is 18.2 Å². The highest BCUT2D eigenvalue weighted by molar-refractivity contribution is 6.16. The van der Waals surface area contributed by atoms with E-state index in [0.29, 0.717) is 32.1 Å². The standard InChI is InChI=1S/C27H40O4/c1-7-11-14-15-22(26(30)18-20(5)6)27(31)23(25(29)17-13-9-3)19-21(10-4)24(28)16-12-8-2/h7,12-13,16-18,21-23H,1,8-11,14-15,19H2,2-6H3/b16-12?,17-13+. The van der Waals surface area contributed by atoms with Crippen molar-refractivity contribution in [1.82, 2.24) is 0 Å². The van der Waals surface area contributed by atoms with Crippen molar-refractivity contribution in [1.29, 1.82) is 0 Å². The predicted molar refractivity (Wildman–Crippen MR) is 128 cm³/mol. The van der Waals surface area contributed by atoms with E-state index in [-0.39, 0.29) is 29.6 Å². The molecule has 0 heterocycles. The molecule has 0 bridgehead atoms. The molecule has 0 spiro atoms. The van der Waals surface area contributed by atoms with Crippen molar-refractivity contribution < 1.29 is 19.2 Å². The van der Waals surface area contributed by atoms with Gasteiger partial charge in [0.25, 0.3) is 0 Å². The predicted octanol–water partition coefficient (Wildman–Crippen LogP) is 6.17. The summed E-state index contributed by atoms with van der Waals surface area (Å²) in [4.78, 5) is 51.8. The fraction of sp³-hybridized carbons (Fsp3) is 0.556.